The first-order valence-electron chi connectivity index (χ1n) is 8.11. The monoisotopic (exact) mass is 328 g/mol. The van der Waals surface area contributed by atoms with Crippen LogP contribution in [0.5, 0.6) is 0 Å². The van der Waals surface area contributed by atoms with Gasteiger partial charge in [-0.1, -0.05) is 12.1 Å². The van der Waals surface area contributed by atoms with E-state index in [0.29, 0.717) is 24.6 Å². The SMILES string of the molecule is CCCN(C[C@@H]1CCCCO1)C(=O)CCc1c(C)noc1Cl. The molecular weight excluding hydrogens is 304 g/mol. The molecular formula is C16H25ClN2O3. The summed E-state index contributed by atoms with van der Waals surface area (Å²) in [6.45, 7) is 6.21. The summed E-state index contributed by atoms with van der Waals surface area (Å²) in [5.41, 5.74) is 1.59. The molecule has 1 aromatic rings. The number of aromatic nitrogens is 1. The molecule has 1 aliphatic rings. The van der Waals surface area contributed by atoms with Crippen molar-refractivity contribution in [3.8, 4) is 0 Å². The molecule has 0 bridgehead atoms. The first-order valence-corrected chi connectivity index (χ1v) is 8.49. The molecule has 2 rings (SSSR count). The number of aryl methyl sites for hydroxylation is 1. The minimum absolute atomic E-state index is 0.146. The smallest absolute Gasteiger partial charge is 0.229 e. The van der Waals surface area contributed by atoms with Crippen molar-refractivity contribution in [3.63, 3.8) is 0 Å². The lowest BCUT2D eigenvalue weighted by Crippen LogP contribution is -2.40. The van der Waals surface area contributed by atoms with Gasteiger partial charge in [-0.25, -0.2) is 0 Å². The lowest BCUT2D eigenvalue weighted by atomic mass is 10.1. The predicted octanol–water partition coefficient (Wildman–Crippen LogP) is 3.38. The number of nitrogens with zero attached hydrogens (tertiary/aromatic N) is 2. The van der Waals surface area contributed by atoms with E-state index < -0.39 is 0 Å². The molecule has 1 atom stereocenters. The Morgan fingerprint density at radius 1 is 1.45 bits per heavy atom. The van der Waals surface area contributed by atoms with E-state index >= 15 is 0 Å². The quantitative estimate of drug-likeness (QED) is 0.770. The van der Waals surface area contributed by atoms with E-state index in [1.165, 1.54) is 6.42 Å². The number of hydrogen-bond acceptors (Lipinski definition) is 4. The maximum absolute atomic E-state index is 12.5. The zero-order chi connectivity index (χ0) is 15.9. The van der Waals surface area contributed by atoms with Crippen molar-refractivity contribution in [1.82, 2.24) is 10.1 Å². The van der Waals surface area contributed by atoms with Gasteiger partial charge >= 0.3 is 0 Å². The largest absolute Gasteiger partial charge is 0.376 e. The molecule has 6 heteroatoms. The molecule has 5 nitrogen and oxygen atoms in total. The van der Waals surface area contributed by atoms with Crippen LogP contribution in [0.15, 0.2) is 4.52 Å². The highest BCUT2D eigenvalue weighted by atomic mass is 35.5. The van der Waals surface area contributed by atoms with Crippen LogP contribution < -0.4 is 0 Å². The van der Waals surface area contributed by atoms with Crippen molar-refractivity contribution < 1.29 is 14.1 Å². The van der Waals surface area contributed by atoms with Crippen molar-refractivity contribution in [3.05, 3.63) is 16.5 Å². The Balaban J connectivity index is 1.88. The van der Waals surface area contributed by atoms with E-state index in [1.807, 2.05) is 11.8 Å². The molecule has 0 aliphatic carbocycles. The molecule has 124 valence electrons. The Labute approximate surface area is 136 Å². The van der Waals surface area contributed by atoms with Gasteiger partial charge in [0.25, 0.3) is 0 Å². The molecule has 1 amide bonds. The van der Waals surface area contributed by atoms with Gasteiger partial charge in [-0.2, -0.15) is 0 Å². The summed E-state index contributed by atoms with van der Waals surface area (Å²) < 4.78 is 10.7. The topological polar surface area (TPSA) is 55.6 Å². The summed E-state index contributed by atoms with van der Waals surface area (Å²) in [5, 5.41) is 4.11. The van der Waals surface area contributed by atoms with Gasteiger partial charge in [0.2, 0.25) is 11.1 Å². The van der Waals surface area contributed by atoms with Crippen LogP contribution in [0.25, 0.3) is 0 Å². The summed E-state index contributed by atoms with van der Waals surface area (Å²) in [6, 6.07) is 0. The maximum Gasteiger partial charge on any atom is 0.229 e. The van der Waals surface area contributed by atoms with Crippen molar-refractivity contribution in [2.45, 2.75) is 58.5 Å². The van der Waals surface area contributed by atoms with Gasteiger partial charge in [-0.15, -0.1) is 0 Å². The van der Waals surface area contributed by atoms with Gasteiger partial charge in [-0.3, -0.25) is 4.79 Å². The maximum atomic E-state index is 12.5. The molecule has 1 aliphatic heterocycles. The van der Waals surface area contributed by atoms with Gasteiger partial charge in [-0.05, 0) is 50.6 Å². The fraction of sp³-hybridized carbons (Fsp3) is 0.750. The fourth-order valence-electron chi connectivity index (χ4n) is 2.82. The summed E-state index contributed by atoms with van der Waals surface area (Å²) in [4.78, 5) is 14.4. The number of carbonyl (C=O) groups excluding carboxylic acids is 1. The van der Waals surface area contributed by atoms with Crippen LogP contribution in [0, 0.1) is 6.92 Å². The first-order chi connectivity index (χ1) is 10.6. The van der Waals surface area contributed by atoms with Crippen LogP contribution in [-0.4, -0.2) is 41.8 Å². The molecule has 2 heterocycles. The average Bonchev–Trinajstić information content (AvgIpc) is 2.84. The Morgan fingerprint density at radius 3 is 2.86 bits per heavy atom. The molecule has 1 fully saturated rings. The summed E-state index contributed by atoms with van der Waals surface area (Å²) in [7, 11) is 0. The number of ether oxygens (including phenoxy) is 1. The molecule has 0 saturated carbocycles. The number of rotatable bonds is 7. The third-order valence-corrected chi connectivity index (χ3v) is 4.37. The third-order valence-electron chi connectivity index (χ3n) is 4.07. The second kappa shape index (κ2) is 8.53. The lowest BCUT2D eigenvalue weighted by molar-refractivity contribution is -0.133. The highest BCUT2D eigenvalue weighted by molar-refractivity contribution is 6.29. The second-order valence-corrected chi connectivity index (χ2v) is 6.19. The van der Waals surface area contributed by atoms with Crippen LogP contribution in [-0.2, 0) is 16.0 Å². The van der Waals surface area contributed by atoms with E-state index in [-0.39, 0.29) is 12.0 Å². The van der Waals surface area contributed by atoms with Gasteiger partial charge in [0, 0.05) is 31.7 Å². The zero-order valence-electron chi connectivity index (χ0n) is 13.4. The molecule has 22 heavy (non-hydrogen) atoms. The minimum Gasteiger partial charge on any atom is -0.376 e. The number of carbonyl (C=O) groups is 1. The summed E-state index contributed by atoms with van der Waals surface area (Å²) in [5.74, 6) is 0.146. The van der Waals surface area contributed by atoms with Crippen LogP contribution in [0.2, 0.25) is 5.22 Å². The predicted molar refractivity (Wildman–Crippen MR) is 85.0 cm³/mol. The Bertz CT molecular complexity index is 464. The molecule has 1 saturated heterocycles. The molecule has 0 aromatic carbocycles. The second-order valence-electron chi connectivity index (χ2n) is 5.85. The fourth-order valence-corrected chi connectivity index (χ4v) is 3.08. The van der Waals surface area contributed by atoms with Crippen molar-refractivity contribution >= 4 is 17.5 Å². The van der Waals surface area contributed by atoms with Crippen molar-refractivity contribution in [1.29, 1.82) is 0 Å². The van der Waals surface area contributed by atoms with Crippen molar-refractivity contribution in [2.75, 3.05) is 19.7 Å². The van der Waals surface area contributed by atoms with E-state index in [4.69, 9.17) is 20.9 Å². The number of amides is 1. The Morgan fingerprint density at radius 2 is 2.27 bits per heavy atom. The normalized spacial score (nSPS) is 18.4. The average molecular weight is 329 g/mol. The minimum atomic E-state index is 0.146. The lowest BCUT2D eigenvalue weighted by Gasteiger charge is -2.30. The number of halogens is 1. The molecule has 0 radical (unpaired) electrons. The van der Waals surface area contributed by atoms with Crippen LogP contribution >= 0.6 is 11.6 Å². The Kier molecular flexibility index (Phi) is 6.70. The van der Waals surface area contributed by atoms with Crippen LogP contribution in [0.1, 0.15) is 50.3 Å². The Hall–Kier alpha value is -1.07. The molecule has 1 aromatic heterocycles. The third kappa shape index (κ3) is 4.71. The summed E-state index contributed by atoms with van der Waals surface area (Å²) >= 11 is 5.95. The van der Waals surface area contributed by atoms with Gasteiger partial charge in [0.15, 0.2) is 0 Å². The van der Waals surface area contributed by atoms with Gasteiger partial charge in [0.05, 0.1) is 11.8 Å². The summed E-state index contributed by atoms with van der Waals surface area (Å²) in [6.07, 6.45) is 5.49. The number of hydrogen-bond donors (Lipinski definition) is 0. The molecule has 0 N–H and O–H groups in total. The van der Waals surface area contributed by atoms with E-state index in [9.17, 15) is 4.79 Å². The van der Waals surface area contributed by atoms with Gasteiger partial charge in [0.1, 0.15) is 0 Å². The first kappa shape index (κ1) is 17.3. The van der Waals surface area contributed by atoms with Gasteiger partial charge < -0.3 is 14.2 Å². The molecule has 0 spiro atoms. The van der Waals surface area contributed by atoms with E-state index in [1.54, 1.807) is 0 Å². The van der Waals surface area contributed by atoms with E-state index in [2.05, 4.69) is 12.1 Å². The van der Waals surface area contributed by atoms with Crippen LogP contribution in [0.4, 0.5) is 0 Å². The molecule has 0 unspecified atom stereocenters. The van der Waals surface area contributed by atoms with E-state index in [0.717, 1.165) is 43.7 Å². The van der Waals surface area contributed by atoms with Crippen LogP contribution in [0.3, 0.4) is 0 Å². The zero-order valence-corrected chi connectivity index (χ0v) is 14.2. The standard InChI is InChI=1S/C16H25ClN2O3/c1-3-9-19(11-13-6-4-5-10-21-13)15(20)8-7-14-12(2)18-22-16(14)17/h13H,3-11H2,1-2H3/t13-/m0/s1. The highest BCUT2D eigenvalue weighted by Gasteiger charge is 2.21. The van der Waals surface area contributed by atoms with Crippen molar-refractivity contribution in [2.24, 2.45) is 0 Å². The highest BCUT2D eigenvalue weighted by Crippen LogP contribution is 2.21.